The lowest BCUT2D eigenvalue weighted by Gasteiger charge is -2.35. The first-order valence-electron chi connectivity index (χ1n) is 8.64. The lowest BCUT2D eigenvalue weighted by atomic mass is 9.85. The number of hydrogen-bond acceptors (Lipinski definition) is 6. The van der Waals surface area contributed by atoms with Gasteiger partial charge in [0.2, 0.25) is 5.95 Å². The van der Waals surface area contributed by atoms with Crippen LogP contribution in [0.2, 0.25) is 0 Å². The van der Waals surface area contributed by atoms with E-state index in [0.29, 0.717) is 6.54 Å². The van der Waals surface area contributed by atoms with Gasteiger partial charge in [-0.1, -0.05) is 26.8 Å². The van der Waals surface area contributed by atoms with Crippen LogP contribution < -0.4 is 4.90 Å². The van der Waals surface area contributed by atoms with E-state index in [1.807, 2.05) is 12.1 Å². The molecule has 2 aromatic rings. The van der Waals surface area contributed by atoms with E-state index < -0.39 is 0 Å². The summed E-state index contributed by atoms with van der Waals surface area (Å²) in [6, 6.07) is 5.47. The fourth-order valence-corrected chi connectivity index (χ4v) is 3.03. The average molecular weight is 342 g/mol. The Morgan fingerprint density at radius 3 is 2.24 bits per heavy atom. The number of nitrogens with zero attached hydrogens (tertiary/aromatic N) is 4. The van der Waals surface area contributed by atoms with Gasteiger partial charge in [0, 0.05) is 50.7 Å². The van der Waals surface area contributed by atoms with Gasteiger partial charge in [0.1, 0.15) is 0 Å². The molecule has 2 N–H and O–H groups in total. The van der Waals surface area contributed by atoms with Crippen molar-refractivity contribution < 1.29 is 10.2 Å². The summed E-state index contributed by atoms with van der Waals surface area (Å²) in [6.07, 6.45) is 3.51. The second-order valence-corrected chi connectivity index (χ2v) is 7.57. The highest BCUT2D eigenvalue weighted by atomic mass is 16.3. The summed E-state index contributed by atoms with van der Waals surface area (Å²) in [5.41, 5.74) is 1.71. The highest BCUT2D eigenvalue weighted by molar-refractivity contribution is 5.49. The molecule has 2 heterocycles. The van der Waals surface area contributed by atoms with Crippen LogP contribution >= 0.6 is 0 Å². The van der Waals surface area contributed by atoms with Crippen molar-refractivity contribution in [3.63, 3.8) is 0 Å². The average Bonchev–Trinajstić information content (AvgIpc) is 2.59. The van der Waals surface area contributed by atoms with Gasteiger partial charge in [0.15, 0.2) is 11.5 Å². The van der Waals surface area contributed by atoms with Crippen LogP contribution in [-0.4, -0.2) is 51.3 Å². The van der Waals surface area contributed by atoms with Crippen LogP contribution in [0.3, 0.4) is 0 Å². The normalized spacial score (nSPS) is 16.2. The third-order valence-electron chi connectivity index (χ3n) is 4.64. The molecule has 0 radical (unpaired) electrons. The van der Waals surface area contributed by atoms with Crippen LogP contribution in [0, 0.1) is 0 Å². The summed E-state index contributed by atoms with van der Waals surface area (Å²) in [5.74, 6) is 0.706. The molecule has 0 amide bonds. The zero-order valence-corrected chi connectivity index (χ0v) is 15.1. The van der Waals surface area contributed by atoms with Gasteiger partial charge in [-0.25, -0.2) is 9.97 Å². The zero-order chi connectivity index (χ0) is 18.0. The van der Waals surface area contributed by atoms with E-state index in [2.05, 4.69) is 40.5 Å². The Bertz CT molecular complexity index is 720. The number of phenols is 2. The molecule has 0 unspecified atom stereocenters. The van der Waals surface area contributed by atoms with E-state index >= 15 is 0 Å². The fourth-order valence-electron chi connectivity index (χ4n) is 3.03. The molecule has 1 aliphatic heterocycles. The number of anilines is 1. The van der Waals surface area contributed by atoms with Crippen LogP contribution in [0.15, 0.2) is 30.6 Å². The second kappa shape index (κ2) is 6.88. The Kier molecular flexibility index (Phi) is 4.81. The smallest absolute Gasteiger partial charge is 0.225 e. The van der Waals surface area contributed by atoms with Crippen LogP contribution in [-0.2, 0) is 12.0 Å². The van der Waals surface area contributed by atoms with Gasteiger partial charge in [-0.15, -0.1) is 0 Å². The van der Waals surface area contributed by atoms with Gasteiger partial charge in [-0.05, 0) is 23.1 Å². The van der Waals surface area contributed by atoms with Gasteiger partial charge in [-0.3, -0.25) is 4.90 Å². The highest BCUT2D eigenvalue weighted by Gasteiger charge is 2.22. The summed E-state index contributed by atoms with van der Waals surface area (Å²) in [4.78, 5) is 13.0. The maximum atomic E-state index is 10.2. The zero-order valence-electron chi connectivity index (χ0n) is 15.1. The molecule has 6 nitrogen and oxygen atoms in total. The van der Waals surface area contributed by atoms with Gasteiger partial charge in [0.25, 0.3) is 0 Å². The van der Waals surface area contributed by atoms with E-state index in [9.17, 15) is 10.2 Å². The molecule has 1 fully saturated rings. The van der Waals surface area contributed by atoms with Crippen molar-refractivity contribution in [1.82, 2.24) is 14.9 Å². The van der Waals surface area contributed by atoms with Gasteiger partial charge < -0.3 is 15.1 Å². The Labute approximate surface area is 148 Å². The molecule has 1 saturated heterocycles. The lowest BCUT2D eigenvalue weighted by Crippen LogP contribution is -2.46. The number of benzene rings is 1. The Balaban J connectivity index is 1.69. The summed E-state index contributed by atoms with van der Waals surface area (Å²) < 4.78 is 0. The number of phenolic OH excluding ortho intramolecular Hbond substituents is 2. The third-order valence-corrected chi connectivity index (χ3v) is 4.64. The van der Waals surface area contributed by atoms with Crippen LogP contribution in [0.25, 0.3) is 0 Å². The predicted molar refractivity (Wildman–Crippen MR) is 98.0 cm³/mol. The largest absolute Gasteiger partial charge is 0.504 e. The minimum atomic E-state index is -0.0801. The van der Waals surface area contributed by atoms with E-state index in [-0.39, 0.29) is 16.9 Å². The molecule has 0 aliphatic carbocycles. The van der Waals surface area contributed by atoms with Crippen molar-refractivity contribution in [2.75, 3.05) is 31.1 Å². The lowest BCUT2D eigenvalue weighted by molar-refractivity contribution is 0.244. The van der Waals surface area contributed by atoms with Crippen molar-refractivity contribution in [3.8, 4) is 11.5 Å². The summed E-state index contributed by atoms with van der Waals surface area (Å²) in [5, 5.41) is 20.3. The van der Waals surface area contributed by atoms with Gasteiger partial charge in [-0.2, -0.15) is 0 Å². The first kappa shape index (κ1) is 17.5. The maximum Gasteiger partial charge on any atom is 0.225 e. The molecular weight excluding hydrogens is 316 g/mol. The summed E-state index contributed by atoms with van der Waals surface area (Å²) in [6.45, 7) is 10.3. The van der Waals surface area contributed by atoms with E-state index in [1.54, 1.807) is 18.5 Å². The minimum absolute atomic E-state index is 0.0122. The van der Waals surface area contributed by atoms with Crippen molar-refractivity contribution in [1.29, 1.82) is 0 Å². The van der Waals surface area contributed by atoms with Crippen molar-refractivity contribution in [3.05, 3.63) is 41.7 Å². The molecule has 0 spiro atoms. The summed E-state index contributed by atoms with van der Waals surface area (Å²) in [7, 11) is 0. The minimum Gasteiger partial charge on any atom is -0.504 e. The summed E-state index contributed by atoms with van der Waals surface area (Å²) >= 11 is 0. The van der Waals surface area contributed by atoms with Crippen molar-refractivity contribution >= 4 is 5.95 Å². The van der Waals surface area contributed by atoms with Crippen LogP contribution in [0.1, 0.15) is 31.9 Å². The number of hydrogen-bond donors (Lipinski definition) is 2. The predicted octanol–water partition coefficient (Wildman–Crippen LogP) is 2.51. The Morgan fingerprint density at radius 1 is 1.00 bits per heavy atom. The standard InChI is InChI=1S/C19H26N4O2/c1-19(2,3)15-11-14(17(25)16(24)12-15)13-22-7-9-23(10-8-22)18-20-5-4-6-21-18/h4-6,11-12,24-25H,7-10,13H2,1-3H3. The number of piperazine rings is 1. The van der Waals surface area contributed by atoms with E-state index in [0.717, 1.165) is 43.3 Å². The van der Waals surface area contributed by atoms with Crippen molar-refractivity contribution in [2.24, 2.45) is 0 Å². The fraction of sp³-hybridized carbons (Fsp3) is 0.474. The molecule has 1 aromatic heterocycles. The number of aromatic hydroxyl groups is 2. The van der Waals surface area contributed by atoms with Gasteiger partial charge in [0.05, 0.1) is 0 Å². The molecule has 1 aliphatic rings. The highest BCUT2D eigenvalue weighted by Crippen LogP contribution is 2.35. The molecular formula is C19H26N4O2. The molecule has 0 saturated carbocycles. The molecule has 134 valence electrons. The monoisotopic (exact) mass is 342 g/mol. The van der Waals surface area contributed by atoms with E-state index in [4.69, 9.17) is 0 Å². The molecule has 3 rings (SSSR count). The number of rotatable bonds is 3. The SMILES string of the molecule is CC(C)(C)c1cc(O)c(O)c(CN2CCN(c3ncccn3)CC2)c1. The molecule has 0 bridgehead atoms. The van der Waals surface area contributed by atoms with Crippen LogP contribution in [0.4, 0.5) is 5.95 Å². The van der Waals surface area contributed by atoms with Crippen molar-refractivity contribution in [2.45, 2.75) is 32.7 Å². The van der Waals surface area contributed by atoms with Gasteiger partial charge >= 0.3 is 0 Å². The molecule has 6 heteroatoms. The maximum absolute atomic E-state index is 10.2. The first-order valence-corrected chi connectivity index (χ1v) is 8.64. The molecule has 1 aromatic carbocycles. The topological polar surface area (TPSA) is 72.7 Å². The third kappa shape index (κ3) is 4.02. The second-order valence-electron chi connectivity index (χ2n) is 7.57. The van der Waals surface area contributed by atoms with E-state index in [1.165, 1.54) is 0 Å². The molecule has 25 heavy (non-hydrogen) atoms. The molecule has 0 atom stereocenters. The Morgan fingerprint density at radius 2 is 1.64 bits per heavy atom. The number of aromatic nitrogens is 2. The quantitative estimate of drug-likeness (QED) is 0.835. The van der Waals surface area contributed by atoms with Crippen LogP contribution in [0.5, 0.6) is 11.5 Å². The Hall–Kier alpha value is -2.34. The first-order chi connectivity index (χ1) is 11.8.